The lowest BCUT2D eigenvalue weighted by atomic mass is 9.84. The molecule has 31 heavy (non-hydrogen) atoms. The quantitative estimate of drug-likeness (QED) is 0.343. The first-order valence-corrected chi connectivity index (χ1v) is 10.2. The van der Waals surface area contributed by atoms with Gasteiger partial charge in [0.1, 0.15) is 0 Å². The van der Waals surface area contributed by atoms with Crippen molar-refractivity contribution in [3.8, 4) is 11.5 Å². The molecule has 1 saturated heterocycles. The van der Waals surface area contributed by atoms with Gasteiger partial charge in [0, 0.05) is 57.6 Å². The number of piperazine rings is 1. The van der Waals surface area contributed by atoms with Gasteiger partial charge in [-0.2, -0.15) is 0 Å². The van der Waals surface area contributed by atoms with E-state index in [9.17, 15) is 0 Å². The number of rotatable bonds is 6. The van der Waals surface area contributed by atoms with Crippen molar-refractivity contribution < 1.29 is 9.47 Å². The highest BCUT2D eigenvalue weighted by Crippen LogP contribution is 2.32. The van der Waals surface area contributed by atoms with E-state index in [4.69, 9.17) is 9.47 Å². The molecule has 1 aliphatic heterocycles. The summed E-state index contributed by atoms with van der Waals surface area (Å²) in [5, 5.41) is 3.55. The van der Waals surface area contributed by atoms with Crippen LogP contribution in [0.5, 0.6) is 11.5 Å². The van der Waals surface area contributed by atoms with Gasteiger partial charge in [0.2, 0.25) is 5.95 Å². The van der Waals surface area contributed by atoms with Crippen LogP contribution in [0.3, 0.4) is 0 Å². The number of guanidine groups is 1. The first kappa shape index (κ1) is 25.0. The molecule has 0 unspecified atom stereocenters. The molecule has 1 aromatic heterocycles. The Morgan fingerprint density at radius 2 is 1.71 bits per heavy atom. The van der Waals surface area contributed by atoms with Crippen LogP contribution < -0.4 is 19.7 Å². The molecule has 0 bridgehead atoms. The smallest absolute Gasteiger partial charge is 0.225 e. The molecule has 170 valence electrons. The van der Waals surface area contributed by atoms with Crippen molar-refractivity contribution in [1.82, 2.24) is 20.2 Å². The van der Waals surface area contributed by atoms with Crippen molar-refractivity contribution in [3.05, 3.63) is 42.2 Å². The third-order valence-corrected chi connectivity index (χ3v) is 5.48. The number of nitrogens with one attached hydrogen (secondary N) is 1. The highest BCUT2D eigenvalue weighted by molar-refractivity contribution is 14.0. The van der Waals surface area contributed by atoms with E-state index in [1.54, 1.807) is 26.6 Å². The topological polar surface area (TPSA) is 75.1 Å². The van der Waals surface area contributed by atoms with Crippen LogP contribution in [0.25, 0.3) is 0 Å². The molecule has 0 amide bonds. The minimum absolute atomic E-state index is 0. The summed E-state index contributed by atoms with van der Waals surface area (Å²) < 4.78 is 10.8. The van der Waals surface area contributed by atoms with Gasteiger partial charge in [-0.25, -0.2) is 9.97 Å². The van der Waals surface area contributed by atoms with Gasteiger partial charge in [0.15, 0.2) is 17.5 Å². The molecule has 9 heteroatoms. The zero-order valence-corrected chi connectivity index (χ0v) is 21.3. The Morgan fingerprint density at radius 1 is 1.06 bits per heavy atom. The maximum Gasteiger partial charge on any atom is 0.225 e. The van der Waals surface area contributed by atoms with Crippen LogP contribution >= 0.6 is 24.0 Å². The number of hydrogen-bond donors (Lipinski definition) is 1. The monoisotopic (exact) mass is 540 g/mol. The van der Waals surface area contributed by atoms with Crippen molar-refractivity contribution in [3.63, 3.8) is 0 Å². The van der Waals surface area contributed by atoms with Gasteiger partial charge in [-0.05, 0) is 23.8 Å². The Labute approximate surface area is 202 Å². The number of aliphatic imine (C=N–C) groups is 1. The maximum atomic E-state index is 5.47. The minimum atomic E-state index is -0.116. The van der Waals surface area contributed by atoms with E-state index in [2.05, 4.69) is 50.0 Å². The third-order valence-electron chi connectivity index (χ3n) is 5.48. The highest BCUT2D eigenvalue weighted by atomic mass is 127. The molecular formula is C22H33IN6O2. The molecule has 8 nitrogen and oxygen atoms in total. The summed E-state index contributed by atoms with van der Waals surface area (Å²) in [4.78, 5) is 17.7. The standard InChI is InChI=1S/C22H32N6O2.HI/c1-22(2,17-7-8-18(29-4)19(15-17)30-5)16-26-20(23-3)27-11-13-28(14-12-27)21-24-9-6-10-25-21;/h6-10,15H,11-14,16H2,1-5H3,(H,23,26);1H. The summed E-state index contributed by atoms with van der Waals surface area (Å²) in [6, 6.07) is 7.92. The number of ether oxygens (including phenoxy) is 2. The van der Waals surface area contributed by atoms with Gasteiger partial charge in [-0.3, -0.25) is 4.99 Å². The van der Waals surface area contributed by atoms with Gasteiger partial charge >= 0.3 is 0 Å². The zero-order chi connectivity index (χ0) is 21.6. The lowest BCUT2D eigenvalue weighted by Crippen LogP contribution is -2.54. The van der Waals surface area contributed by atoms with E-state index in [1.165, 1.54) is 5.56 Å². The Balaban J connectivity index is 0.00000341. The van der Waals surface area contributed by atoms with E-state index in [1.807, 2.05) is 25.2 Å². The second kappa shape index (κ2) is 11.4. The summed E-state index contributed by atoms with van der Waals surface area (Å²) in [6.07, 6.45) is 3.57. The SMILES string of the molecule is CN=C(NCC(C)(C)c1ccc(OC)c(OC)c1)N1CCN(c2ncccn2)CC1.I. The maximum absolute atomic E-state index is 5.47. The van der Waals surface area contributed by atoms with E-state index < -0.39 is 0 Å². The number of anilines is 1. The number of methoxy groups -OCH3 is 2. The van der Waals surface area contributed by atoms with Crippen molar-refractivity contribution in [2.45, 2.75) is 19.3 Å². The Bertz CT molecular complexity index is 854. The molecule has 0 radical (unpaired) electrons. The molecule has 0 saturated carbocycles. The predicted octanol–water partition coefficient (Wildman–Crippen LogP) is 2.79. The van der Waals surface area contributed by atoms with Crippen molar-refractivity contribution in [2.24, 2.45) is 4.99 Å². The molecule has 1 aliphatic rings. The lowest BCUT2D eigenvalue weighted by Gasteiger charge is -2.37. The van der Waals surface area contributed by atoms with Crippen LogP contribution in [0.4, 0.5) is 5.95 Å². The van der Waals surface area contributed by atoms with E-state index in [0.717, 1.165) is 56.1 Å². The first-order chi connectivity index (χ1) is 14.5. The Hall–Kier alpha value is -2.30. The van der Waals surface area contributed by atoms with Crippen LogP contribution in [-0.4, -0.2) is 74.8 Å². The van der Waals surface area contributed by atoms with Crippen LogP contribution in [-0.2, 0) is 5.41 Å². The second-order valence-corrected chi connectivity index (χ2v) is 7.88. The van der Waals surface area contributed by atoms with Gasteiger partial charge in [-0.15, -0.1) is 24.0 Å². The van der Waals surface area contributed by atoms with Crippen molar-refractivity contribution >= 4 is 35.9 Å². The molecule has 0 spiro atoms. The van der Waals surface area contributed by atoms with Crippen LogP contribution in [0.15, 0.2) is 41.7 Å². The minimum Gasteiger partial charge on any atom is -0.493 e. The van der Waals surface area contributed by atoms with Crippen LogP contribution in [0, 0.1) is 0 Å². The average molecular weight is 540 g/mol. The summed E-state index contributed by atoms with van der Waals surface area (Å²) in [6.45, 7) is 8.63. The molecule has 0 atom stereocenters. The van der Waals surface area contributed by atoms with Gasteiger partial charge in [0.05, 0.1) is 14.2 Å². The number of halogens is 1. The Morgan fingerprint density at radius 3 is 2.29 bits per heavy atom. The van der Waals surface area contributed by atoms with E-state index >= 15 is 0 Å². The predicted molar refractivity (Wildman–Crippen MR) is 135 cm³/mol. The molecule has 2 heterocycles. The second-order valence-electron chi connectivity index (χ2n) is 7.88. The summed E-state index contributed by atoms with van der Waals surface area (Å²) in [7, 11) is 5.14. The summed E-state index contributed by atoms with van der Waals surface area (Å²) in [5.74, 6) is 3.18. The molecular weight excluding hydrogens is 507 g/mol. The van der Waals surface area contributed by atoms with Crippen LogP contribution in [0.2, 0.25) is 0 Å². The number of hydrogen-bond acceptors (Lipinski definition) is 6. The van der Waals surface area contributed by atoms with Gasteiger partial charge in [0.25, 0.3) is 0 Å². The average Bonchev–Trinajstić information content (AvgIpc) is 2.80. The number of nitrogens with zero attached hydrogens (tertiary/aromatic N) is 5. The molecule has 1 aromatic carbocycles. The van der Waals surface area contributed by atoms with Gasteiger partial charge < -0.3 is 24.6 Å². The Kier molecular flexibility index (Phi) is 9.15. The normalized spacial score (nSPS) is 14.7. The summed E-state index contributed by atoms with van der Waals surface area (Å²) in [5.41, 5.74) is 1.06. The van der Waals surface area contributed by atoms with E-state index in [0.29, 0.717) is 0 Å². The molecule has 2 aromatic rings. The molecule has 3 rings (SSSR count). The first-order valence-electron chi connectivity index (χ1n) is 10.2. The summed E-state index contributed by atoms with van der Waals surface area (Å²) >= 11 is 0. The fraction of sp³-hybridized carbons (Fsp3) is 0.500. The van der Waals surface area contributed by atoms with Crippen molar-refractivity contribution in [2.75, 3.05) is 58.9 Å². The molecule has 0 aliphatic carbocycles. The lowest BCUT2D eigenvalue weighted by molar-refractivity contribution is 0.352. The highest BCUT2D eigenvalue weighted by Gasteiger charge is 2.25. The number of aromatic nitrogens is 2. The zero-order valence-electron chi connectivity index (χ0n) is 19.0. The fourth-order valence-corrected chi connectivity index (χ4v) is 3.56. The fourth-order valence-electron chi connectivity index (χ4n) is 3.56. The van der Waals surface area contributed by atoms with Crippen molar-refractivity contribution in [1.29, 1.82) is 0 Å². The molecule has 1 fully saturated rings. The largest absolute Gasteiger partial charge is 0.493 e. The third kappa shape index (κ3) is 6.11. The number of benzene rings is 1. The molecule has 1 N–H and O–H groups in total. The van der Waals surface area contributed by atoms with Crippen LogP contribution in [0.1, 0.15) is 19.4 Å². The van der Waals surface area contributed by atoms with E-state index in [-0.39, 0.29) is 29.4 Å². The van der Waals surface area contributed by atoms with Gasteiger partial charge in [-0.1, -0.05) is 19.9 Å².